The van der Waals surface area contributed by atoms with E-state index in [4.69, 9.17) is 5.73 Å². The van der Waals surface area contributed by atoms with Crippen molar-refractivity contribution in [2.45, 2.75) is 63.7 Å². The highest BCUT2D eigenvalue weighted by molar-refractivity contribution is 5.95. The molecule has 0 aliphatic heterocycles. The number of para-hydroxylation sites is 2. The Bertz CT molecular complexity index is 1880. The summed E-state index contributed by atoms with van der Waals surface area (Å²) in [6.45, 7) is 3.74. The number of benzene rings is 3. The average Bonchev–Trinajstić information content (AvgIpc) is 3.70. The van der Waals surface area contributed by atoms with Gasteiger partial charge in [0.25, 0.3) is 0 Å². The predicted molar refractivity (Wildman–Crippen MR) is 185 cm³/mol. The zero-order valence-corrected chi connectivity index (χ0v) is 27.0. The Morgan fingerprint density at radius 2 is 1.23 bits per heavy atom. The third kappa shape index (κ3) is 8.10. The number of fused-ring (bicyclic) bond motifs is 2. The maximum atomic E-state index is 13.9. The molecule has 11 heteroatoms. The summed E-state index contributed by atoms with van der Waals surface area (Å²) in [7, 11) is 0. The van der Waals surface area contributed by atoms with Crippen LogP contribution in [0.15, 0.2) is 91.3 Å². The first kappa shape index (κ1) is 33.9. The van der Waals surface area contributed by atoms with Gasteiger partial charge in [-0.25, -0.2) is 4.79 Å². The number of carboxylic acids is 1. The zero-order chi connectivity index (χ0) is 34.2. The molecule has 0 saturated heterocycles. The molecule has 0 spiro atoms. The topological polar surface area (TPSA) is 182 Å². The quantitative estimate of drug-likeness (QED) is 0.0909. The van der Waals surface area contributed by atoms with Crippen molar-refractivity contribution in [3.05, 3.63) is 108 Å². The van der Waals surface area contributed by atoms with Gasteiger partial charge in [-0.2, -0.15) is 0 Å². The van der Waals surface area contributed by atoms with Crippen molar-refractivity contribution in [1.29, 1.82) is 0 Å². The minimum atomic E-state index is -1.23. The summed E-state index contributed by atoms with van der Waals surface area (Å²) in [5, 5.41) is 20.1. The number of H-pyrrole nitrogens is 2. The van der Waals surface area contributed by atoms with Gasteiger partial charge in [-0.05, 0) is 41.2 Å². The summed E-state index contributed by atoms with van der Waals surface area (Å²) in [4.78, 5) is 59.7. The Morgan fingerprint density at radius 3 is 1.81 bits per heavy atom. The van der Waals surface area contributed by atoms with E-state index in [-0.39, 0.29) is 25.2 Å². The summed E-state index contributed by atoms with van der Waals surface area (Å²) in [5.41, 5.74) is 10.5. The number of hydrogen-bond donors (Lipinski definition) is 7. The predicted octanol–water partition coefficient (Wildman–Crippen LogP) is 3.59. The SMILES string of the molecule is CCC(C)C(NC(=O)C(N)Cc1c[nH]c2ccccc12)C(=O)NC(Cc1c[nH]c2ccccc12)C(=O)NC(Cc1ccccc1)C(=O)O. The van der Waals surface area contributed by atoms with E-state index in [1.165, 1.54) is 0 Å². The molecule has 0 radical (unpaired) electrons. The van der Waals surface area contributed by atoms with Gasteiger partial charge in [0.05, 0.1) is 6.04 Å². The van der Waals surface area contributed by atoms with Gasteiger partial charge in [-0.3, -0.25) is 14.4 Å². The molecule has 250 valence electrons. The fraction of sp³-hybridized carbons (Fsp3) is 0.297. The molecule has 5 aromatic rings. The molecule has 0 aliphatic carbocycles. The molecule has 8 N–H and O–H groups in total. The Labute approximate surface area is 278 Å². The van der Waals surface area contributed by atoms with Crippen LogP contribution in [0.1, 0.15) is 37.0 Å². The van der Waals surface area contributed by atoms with Crippen molar-refractivity contribution in [1.82, 2.24) is 25.9 Å². The monoisotopic (exact) mass is 650 g/mol. The lowest BCUT2D eigenvalue weighted by Gasteiger charge is -2.28. The molecule has 11 nitrogen and oxygen atoms in total. The van der Waals surface area contributed by atoms with Gasteiger partial charge in [0.2, 0.25) is 17.7 Å². The second-order valence-corrected chi connectivity index (χ2v) is 12.3. The number of amides is 3. The molecule has 5 atom stereocenters. The van der Waals surface area contributed by atoms with E-state index < -0.39 is 47.9 Å². The molecule has 3 aromatic carbocycles. The molecule has 0 saturated carbocycles. The lowest BCUT2D eigenvalue weighted by Crippen LogP contribution is -2.59. The number of rotatable bonds is 15. The molecule has 0 fully saturated rings. The van der Waals surface area contributed by atoms with E-state index in [1.54, 1.807) is 30.5 Å². The molecular formula is C37H42N6O5. The van der Waals surface area contributed by atoms with Gasteiger partial charge in [-0.15, -0.1) is 0 Å². The van der Waals surface area contributed by atoms with Crippen molar-refractivity contribution in [2.24, 2.45) is 11.7 Å². The Morgan fingerprint density at radius 1 is 0.688 bits per heavy atom. The van der Waals surface area contributed by atoms with E-state index in [2.05, 4.69) is 25.9 Å². The van der Waals surface area contributed by atoms with Crippen molar-refractivity contribution >= 4 is 45.5 Å². The first-order valence-corrected chi connectivity index (χ1v) is 16.2. The summed E-state index contributed by atoms with van der Waals surface area (Å²) < 4.78 is 0. The van der Waals surface area contributed by atoms with Crippen LogP contribution in [0.4, 0.5) is 0 Å². The van der Waals surface area contributed by atoms with Gasteiger partial charge >= 0.3 is 5.97 Å². The molecule has 2 aromatic heterocycles. The number of aliphatic carboxylic acids is 1. The second kappa shape index (κ2) is 15.4. The Kier molecular flexibility index (Phi) is 10.9. The van der Waals surface area contributed by atoms with Gasteiger partial charge < -0.3 is 36.8 Å². The van der Waals surface area contributed by atoms with E-state index in [1.807, 2.05) is 74.6 Å². The normalized spacial score (nSPS) is 14.5. The van der Waals surface area contributed by atoms with Crippen LogP contribution < -0.4 is 21.7 Å². The lowest BCUT2D eigenvalue weighted by molar-refractivity contribution is -0.142. The van der Waals surface area contributed by atoms with Gasteiger partial charge in [0, 0.05) is 47.0 Å². The highest BCUT2D eigenvalue weighted by Crippen LogP contribution is 2.21. The molecule has 3 amide bonds. The number of carbonyl (C=O) groups excluding carboxylic acids is 3. The minimum Gasteiger partial charge on any atom is -0.480 e. The smallest absolute Gasteiger partial charge is 0.326 e. The number of nitrogens with one attached hydrogen (secondary N) is 5. The zero-order valence-electron chi connectivity index (χ0n) is 27.0. The van der Waals surface area contributed by atoms with Crippen LogP contribution in [0.3, 0.4) is 0 Å². The standard InChI is InChI=1S/C37H42N6O5/c1-3-22(2)33(43-34(44)28(38)18-24-20-39-29-15-9-7-13-26(24)29)36(46)41-31(19-25-21-40-30-16-10-8-14-27(25)30)35(45)42-32(37(47)48)17-23-11-5-4-6-12-23/h4-16,20-22,28,31-33,39-40H,3,17-19,38H2,1-2H3,(H,41,46)(H,42,45)(H,43,44)(H,47,48). The number of aromatic amines is 2. The third-order valence-corrected chi connectivity index (χ3v) is 8.87. The third-order valence-electron chi connectivity index (χ3n) is 8.87. The maximum absolute atomic E-state index is 13.9. The highest BCUT2D eigenvalue weighted by Gasteiger charge is 2.33. The van der Waals surface area contributed by atoms with Crippen LogP contribution in [-0.4, -0.2) is 62.9 Å². The number of nitrogens with two attached hydrogens (primary N) is 1. The maximum Gasteiger partial charge on any atom is 0.326 e. The number of carboxylic acid groups (broad SMARTS) is 1. The first-order valence-electron chi connectivity index (χ1n) is 16.2. The Hall–Kier alpha value is -5.42. The van der Waals surface area contributed by atoms with Gasteiger partial charge in [0.1, 0.15) is 18.1 Å². The highest BCUT2D eigenvalue weighted by atomic mass is 16.4. The van der Waals surface area contributed by atoms with Crippen molar-refractivity contribution in [2.75, 3.05) is 0 Å². The largest absolute Gasteiger partial charge is 0.480 e. The van der Waals surface area contributed by atoms with Crippen LogP contribution in [0.25, 0.3) is 21.8 Å². The van der Waals surface area contributed by atoms with E-state index >= 15 is 0 Å². The van der Waals surface area contributed by atoms with Gasteiger partial charge in [-0.1, -0.05) is 87.0 Å². The molecule has 5 unspecified atom stereocenters. The van der Waals surface area contributed by atoms with E-state index in [9.17, 15) is 24.3 Å². The second-order valence-electron chi connectivity index (χ2n) is 12.3. The minimum absolute atomic E-state index is 0.0650. The van der Waals surface area contributed by atoms with Crippen LogP contribution in [-0.2, 0) is 38.4 Å². The summed E-state index contributed by atoms with van der Waals surface area (Å²) in [6.07, 6.45) is 4.57. The first-order chi connectivity index (χ1) is 23.1. The van der Waals surface area contributed by atoms with Crippen molar-refractivity contribution in [3.8, 4) is 0 Å². The van der Waals surface area contributed by atoms with Crippen LogP contribution in [0.5, 0.6) is 0 Å². The summed E-state index contributed by atoms with van der Waals surface area (Å²) in [5.74, 6) is -3.20. The molecule has 0 aliphatic rings. The summed E-state index contributed by atoms with van der Waals surface area (Å²) >= 11 is 0. The average molecular weight is 651 g/mol. The van der Waals surface area contributed by atoms with E-state index in [0.29, 0.717) is 6.42 Å². The molecule has 5 rings (SSSR count). The Balaban J connectivity index is 1.35. The fourth-order valence-corrected chi connectivity index (χ4v) is 5.91. The van der Waals surface area contributed by atoms with Crippen molar-refractivity contribution < 1.29 is 24.3 Å². The van der Waals surface area contributed by atoms with Gasteiger partial charge in [0.15, 0.2) is 0 Å². The molecule has 2 heterocycles. The number of carbonyl (C=O) groups is 4. The number of hydrogen-bond acceptors (Lipinski definition) is 5. The van der Waals surface area contributed by atoms with Crippen LogP contribution in [0.2, 0.25) is 0 Å². The van der Waals surface area contributed by atoms with Crippen LogP contribution >= 0.6 is 0 Å². The summed E-state index contributed by atoms with van der Waals surface area (Å²) in [6, 6.07) is 20.0. The fourth-order valence-electron chi connectivity index (χ4n) is 5.91. The molecule has 48 heavy (non-hydrogen) atoms. The van der Waals surface area contributed by atoms with Crippen LogP contribution in [0, 0.1) is 5.92 Å². The lowest BCUT2D eigenvalue weighted by atomic mass is 9.96. The molecular weight excluding hydrogens is 608 g/mol. The molecule has 0 bridgehead atoms. The number of aromatic nitrogens is 2. The van der Waals surface area contributed by atoms with E-state index in [0.717, 1.165) is 38.5 Å². The van der Waals surface area contributed by atoms with Crippen molar-refractivity contribution in [3.63, 3.8) is 0 Å².